The maximum Gasteiger partial charge on any atom is 0.697 e. The summed E-state index contributed by atoms with van der Waals surface area (Å²) in [6, 6.07) is 0. The fraction of sp³-hybridized carbons (Fsp3) is 1.00. The summed E-state index contributed by atoms with van der Waals surface area (Å²) in [5.41, 5.74) is 0. The molecule has 0 aliphatic heterocycles. The van der Waals surface area contributed by atoms with Crippen molar-refractivity contribution >= 4 is 8.25 Å². The van der Waals surface area contributed by atoms with Gasteiger partial charge in [0.25, 0.3) is 0 Å². The second-order valence-electron chi connectivity index (χ2n) is 12.1. The zero-order chi connectivity index (χ0) is 29.6. The van der Waals surface area contributed by atoms with Crippen LogP contribution >= 0.6 is 8.25 Å². The fourth-order valence-electron chi connectivity index (χ4n) is 5.06. The molecule has 0 radical (unpaired) electrons. The van der Waals surface area contributed by atoms with E-state index < -0.39 is 8.25 Å². The fourth-order valence-corrected chi connectivity index (χ4v) is 5.69. The number of hydrogen-bond acceptors (Lipinski definition) is 3. The molecule has 0 atom stereocenters. The lowest BCUT2D eigenvalue weighted by molar-refractivity contribution is 0.218. The minimum atomic E-state index is -1.90. The Hall–Kier alpha value is 0.0200. The Morgan fingerprint density at radius 2 is 0.475 bits per heavy atom. The van der Waals surface area contributed by atoms with Gasteiger partial charge in [0.1, 0.15) is 13.2 Å². The third kappa shape index (κ3) is 42.5. The Labute approximate surface area is 255 Å². The van der Waals surface area contributed by atoms with E-state index >= 15 is 0 Å². The molecule has 4 heteroatoms. The molecule has 0 spiro atoms. The summed E-state index contributed by atoms with van der Waals surface area (Å²) in [5.74, 6) is 0. The van der Waals surface area contributed by atoms with E-state index in [1.807, 2.05) is 0 Å². The van der Waals surface area contributed by atoms with Crippen LogP contribution in [0.25, 0.3) is 0 Å². The molecule has 0 aliphatic carbocycles. The quantitative estimate of drug-likeness (QED) is 0.0566. The van der Waals surface area contributed by atoms with Crippen LogP contribution in [0.1, 0.15) is 220 Å². The van der Waals surface area contributed by atoms with Crippen molar-refractivity contribution in [1.29, 1.82) is 0 Å². The molecule has 0 unspecified atom stereocenters. The molecule has 0 aromatic carbocycles. The van der Waals surface area contributed by atoms with Crippen molar-refractivity contribution in [2.24, 2.45) is 0 Å². The summed E-state index contributed by atoms with van der Waals surface area (Å²) in [4.78, 5) is 0. The maximum atomic E-state index is 11.7. The van der Waals surface area contributed by atoms with Gasteiger partial charge in [-0.3, -0.25) is 0 Å². The summed E-state index contributed by atoms with van der Waals surface area (Å²) >= 11 is 0. The third-order valence-electron chi connectivity index (χ3n) is 7.85. The van der Waals surface area contributed by atoms with Crippen LogP contribution in [0, 0.1) is 0 Å². The van der Waals surface area contributed by atoms with E-state index in [2.05, 4.69) is 27.7 Å². The van der Waals surface area contributed by atoms with Gasteiger partial charge in [0.15, 0.2) is 0 Å². The van der Waals surface area contributed by atoms with Crippen LogP contribution in [0.4, 0.5) is 0 Å². The first kappa shape index (κ1) is 42.2. The highest BCUT2D eigenvalue weighted by atomic mass is 31.1. The Morgan fingerprint density at radius 3 is 0.675 bits per heavy atom. The predicted molar refractivity (Wildman–Crippen MR) is 181 cm³/mol. The SMILES string of the molecule is CCCCCCCCCCCC.CCCCCCCCCCCCO[P+](=O)OCCCCCCCCCCCC. The highest BCUT2D eigenvalue weighted by Gasteiger charge is 2.18. The molecule has 0 fully saturated rings. The summed E-state index contributed by atoms with van der Waals surface area (Å²) in [6.45, 7) is 10.2. The van der Waals surface area contributed by atoms with Gasteiger partial charge in [-0.1, -0.05) is 207 Å². The summed E-state index contributed by atoms with van der Waals surface area (Å²) < 4.78 is 22.3. The monoisotopic (exact) mass is 588 g/mol. The Morgan fingerprint density at radius 1 is 0.300 bits per heavy atom. The van der Waals surface area contributed by atoms with Crippen LogP contribution in [-0.2, 0) is 13.6 Å². The van der Waals surface area contributed by atoms with E-state index in [9.17, 15) is 4.57 Å². The number of unbranched alkanes of at least 4 members (excludes halogenated alkanes) is 27. The first-order chi connectivity index (χ1) is 19.7. The van der Waals surface area contributed by atoms with Crippen LogP contribution < -0.4 is 0 Å². The van der Waals surface area contributed by atoms with Gasteiger partial charge in [-0.15, -0.1) is 9.05 Å². The molecule has 0 aromatic rings. The molecule has 3 nitrogen and oxygen atoms in total. The van der Waals surface area contributed by atoms with Crippen molar-refractivity contribution in [1.82, 2.24) is 0 Å². The minimum Gasteiger partial charge on any atom is -0.119 e. The van der Waals surface area contributed by atoms with Crippen LogP contribution in [0.2, 0.25) is 0 Å². The van der Waals surface area contributed by atoms with E-state index in [1.165, 1.54) is 180 Å². The second kappa shape index (κ2) is 41.2. The van der Waals surface area contributed by atoms with Crippen LogP contribution in [-0.4, -0.2) is 13.2 Å². The Bertz CT molecular complexity index is 406. The largest absolute Gasteiger partial charge is 0.697 e. The van der Waals surface area contributed by atoms with Crippen LogP contribution in [0.3, 0.4) is 0 Å². The van der Waals surface area contributed by atoms with Crippen molar-refractivity contribution in [3.8, 4) is 0 Å². The van der Waals surface area contributed by atoms with Gasteiger partial charge in [0, 0.05) is 4.57 Å². The minimum absolute atomic E-state index is 0.573. The molecule has 40 heavy (non-hydrogen) atoms. The lowest BCUT2D eigenvalue weighted by atomic mass is 10.1. The smallest absolute Gasteiger partial charge is 0.119 e. The van der Waals surface area contributed by atoms with Gasteiger partial charge < -0.3 is 0 Å². The van der Waals surface area contributed by atoms with Crippen molar-refractivity contribution < 1.29 is 13.6 Å². The molecule has 0 N–H and O–H groups in total. The van der Waals surface area contributed by atoms with Crippen molar-refractivity contribution in [2.75, 3.05) is 13.2 Å². The topological polar surface area (TPSA) is 35.5 Å². The normalized spacial score (nSPS) is 11.0. The standard InChI is InChI=1S/C24H50O3P.C12H26/c1-3-5-7-9-11-13-15-17-19-21-23-26-28(25)27-24-22-20-18-16-14-12-10-8-6-4-2;1-3-5-7-9-11-12-10-8-6-4-2/h3-24H2,1-2H3;3-12H2,1-2H3/q+1;. The lowest BCUT2D eigenvalue weighted by Crippen LogP contribution is -1.92. The van der Waals surface area contributed by atoms with Gasteiger partial charge in [-0.25, -0.2) is 0 Å². The highest BCUT2D eigenvalue weighted by molar-refractivity contribution is 7.33. The van der Waals surface area contributed by atoms with Gasteiger partial charge in [0.2, 0.25) is 0 Å². The maximum absolute atomic E-state index is 11.7. The lowest BCUT2D eigenvalue weighted by Gasteiger charge is -2.01. The molecule has 0 saturated heterocycles. The first-order valence-corrected chi connectivity index (χ1v) is 19.5. The highest BCUT2D eigenvalue weighted by Crippen LogP contribution is 2.25. The zero-order valence-electron chi connectivity index (χ0n) is 28.3. The number of hydrogen-bond donors (Lipinski definition) is 0. The summed E-state index contributed by atoms with van der Waals surface area (Å²) in [5, 5.41) is 0. The van der Waals surface area contributed by atoms with Gasteiger partial charge in [0.05, 0.1) is 0 Å². The van der Waals surface area contributed by atoms with E-state index in [0.717, 1.165) is 12.8 Å². The molecular weight excluding hydrogens is 511 g/mol. The predicted octanol–water partition coefficient (Wildman–Crippen LogP) is 14.4. The second-order valence-corrected chi connectivity index (χ2v) is 13.0. The molecule has 0 rings (SSSR count). The molecular formula is C36H76O3P+. The van der Waals surface area contributed by atoms with Crippen LogP contribution in [0.5, 0.6) is 0 Å². The van der Waals surface area contributed by atoms with E-state index in [-0.39, 0.29) is 0 Å². The molecule has 0 heterocycles. The van der Waals surface area contributed by atoms with Gasteiger partial charge in [-0.2, -0.15) is 0 Å². The van der Waals surface area contributed by atoms with E-state index in [0.29, 0.717) is 13.2 Å². The molecule has 0 aromatic heterocycles. The van der Waals surface area contributed by atoms with Crippen molar-refractivity contribution in [3.63, 3.8) is 0 Å². The summed E-state index contributed by atoms with van der Waals surface area (Å²) in [7, 11) is -1.90. The van der Waals surface area contributed by atoms with Gasteiger partial charge >= 0.3 is 8.25 Å². The zero-order valence-corrected chi connectivity index (χ0v) is 29.2. The molecule has 0 aliphatic rings. The molecule has 242 valence electrons. The average molecular weight is 588 g/mol. The third-order valence-corrected chi connectivity index (χ3v) is 8.63. The Balaban J connectivity index is 0. The van der Waals surface area contributed by atoms with Crippen molar-refractivity contribution in [2.45, 2.75) is 220 Å². The van der Waals surface area contributed by atoms with Gasteiger partial charge in [-0.05, 0) is 12.8 Å². The first-order valence-electron chi connectivity index (χ1n) is 18.5. The molecule has 0 amide bonds. The average Bonchev–Trinajstić information content (AvgIpc) is 2.96. The summed E-state index contributed by atoms with van der Waals surface area (Å²) in [6.07, 6.45) is 40.5. The van der Waals surface area contributed by atoms with E-state index in [1.54, 1.807) is 0 Å². The molecule has 0 saturated carbocycles. The molecule has 0 bridgehead atoms. The Kier molecular flexibility index (Phi) is 43.4. The van der Waals surface area contributed by atoms with Crippen LogP contribution in [0.15, 0.2) is 0 Å². The van der Waals surface area contributed by atoms with Crippen molar-refractivity contribution in [3.05, 3.63) is 0 Å². The number of rotatable bonds is 33. The van der Waals surface area contributed by atoms with E-state index in [4.69, 9.17) is 9.05 Å².